The van der Waals surface area contributed by atoms with Crippen LogP contribution in [-0.2, 0) is 0 Å². The Morgan fingerprint density at radius 2 is 1.61 bits per heavy atom. The average molecular weight is 268 g/mol. The normalized spacial score (nSPS) is 17.9. The summed E-state index contributed by atoms with van der Waals surface area (Å²) >= 11 is 0. The van der Waals surface area contributed by atoms with Gasteiger partial charge in [-0.1, -0.05) is 56.6 Å². The Morgan fingerprint density at radius 1 is 1.00 bits per heavy atom. The molecule has 0 aromatic heterocycles. The van der Waals surface area contributed by atoms with Crippen LogP contribution in [-0.4, -0.2) is 32.6 Å². The maximum absolute atomic E-state index is 2.67. The van der Waals surface area contributed by atoms with Crippen molar-refractivity contribution in [1.29, 1.82) is 0 Å². The van der Waals surface area contributed by atoms with Gasteiger partial charge < -0.3 is 4.90 Å². The first-order chi connectivity index (χ1) is 8.76. The highest BCUT2D eigenvalue weighted by Crippen LogP contribution is 2.28. The lowest BCUT2D eigenvalue weighted by Crippen LogP contribution is -2.33. The van der Waals surface area contributed by atoms with E-state index in [1.807, 2.05) is 0 Å². The highest BCUT2D eigenvalue weighted by molar-refractivity contribution is 6.84. The van der Waals surface area contributed by atoms with E-state index in [-0.39, 0.29) is 0 Å². The quantitative estimate of drug-likeness (QED) is 0.539. The molecule has 0 aliphatic carbocycles. The van der Waals surface area contributed by atoms with Gasteiger partial charge in [-0.15, -0.1) is 0 Å². The molecule has 2 heteroatoms. The molecule has 1 fully saturated rings. The van der Waals surface area contributed by atoms with Crippen LogP contribution in [0.25, 0.3) is 0 Å². The number of hydrogen-bond donors (Lipinski definition) is 0. The predicted octanol–water partition coefficient (Wildman–Crippen LogP) is 4.86. The van der Waals surface area contributed by atoms with Crippen molar-refractivity contribution in [3.05, 3.63) is 11.8 Å². The van der Waals surface area contributed by atoms with E-state index in [4.69, 9.17) is 0 Å². The van der Waals surface area contributed by atoms with E-state index in [1.54, 1.807) is 0 Å². The highest BCUT2D eigenvalue weighted by atomic mass is 28.3. The fraction of sp³-hybridized carbons (Fsp3) is 0.875. The molecule has 0 bridgehead atoms. The lowest BCUT2D eigenvalue weighted by atomic mass is 10.4. The molecular weight excluding hydrogens is 234 g/mol. The van der Waals surface area contributed by atoms with Crippen molar-refractivity contribution in [3.8, 4) is 0 Å². The maximum atomic E-state index is 2.67. The molecule has 106 valence electrons. The van der Waals surface area contributed by atoms with Crippen molar-refractivity contribution in [2.24, 2.45) is 0 Å². The fourth-order valence-electron chi connectivity index (χ4n) is 3.64. The van der Waals surface area contributed by atoms with Crippen molar-refractivity contribution in [2.75, 3.05) is 19.6 Å². The zero-order valence-electron chi connectivity index (χ0n) is 12.9. The Balaban J connectivity index is 2.42. The first kappa shape index (κ1) is 16.0. The number of allylic oxidation sites excluding steroid dienone is 1. The van der Waals surface area contributed by atoms with E-state index in [2.05, 4.69) is 37.4 Å². The second kappa shape index (κ2) is 8.92. The molecule has 0 atom stereocenters. The molecular formula is C16H33NSi. The van der Waals surface area contributed by atoms with Gasteiger partial charge >= 0.3 is 0 Å². The van der Waals surface area contributed by atoms with Crippen LogP contribution >= 0.6 is 0 Å². The predicted molar refractivity (Wildman–Crippen MR) is 85.9 cm³/mol. The van der Waals surface area contributed by atoms with E-state index in [0.717, 1.165) is 0 Å². The van der Waals surface area contributed by atoms with Crippen molar-refractivity contribution >= 4 is 8.07 Å². The summed E-state index contributed by atoms with van der Waals surface area (Å²) in [6.45, 7) is 11.0. The first-order valence-corrected chi connectivity index (χ1v) is 10.8. The molecule has 1 rings (SSSR count). The van der Waals surface area contributed by atoms with E-state index in [1.165, 1.54) is 69.9 Å². The van der Waals surface area contributed by atoms with Gasteiger partial charge in [-0.05, 0) is 45.8 Å². The van der Waals surface area contributed by atoms with Crippen molar-refractivity contribution in [2.45, 2.75) is 71.0 Å². The molecule has 1 aliphatic rings. The molecule has 0 aromatic rings. The van der Waals surface area contributed by atoms with Crippen LogP contribution in [0.1, 0.15) is 52.9 Å². The number of hydrogen-bond acceptors (Lipinski definition) is 1. The summed E-state index contributed by atoms with van der Waals surface area (Å²) in [5.41, 5.74) is 2.64. The molecule has 0 aromatic carbocycles. The third-order valence-electron chi connectivity index (χ3n) is 4.36. The Bertz CT molecular complexity index is 225. The van der Waals surface area contributed by atoms with E-state index < -0.39 is 8.07 Å². The molecule has 0 spiro atoms. The fourth-order valence-corrected chi connectivity index (χ4v) is 8.45. The molecule has 18 heavy (non-hydrogen) atoms. The molecule has 0 saturated carbocycles. The summed E-state index contributed by atoms with van der Waals surface area (Å²) in [4.78, 5) is 2.67. The largest absolute Gasteiger partial charge is 0.303 e. The summed E-state index contributed by atoms with van der Waals surface area (Å²) in [6.07, 6.45) is 9.40. The smallest absolute Gasteiger partial charge is 0.0774 e. The SMILES string of the molecule is CC=C[Si](CCC)(CCC)CCCN1CCCC1. The van der Waals surface area contributed by atoms with Crippen LogP contribution in [0.4, 0.5) is 0 Å². The number of likely N-dealkylation sites (tertiary alicyclic amines) is 1. The Labute approximate surface area is 116 Å². The summed E-state index contributed by atoms with van der Waals surface area (Å²) < 4.78 is 0. The third kappa shape index (κ3) is 5.27. The molecule has 0 N–H and O–H groups in total. The van der Waals surface area contributed by atoms with Gasteiger partial charge in [0, 0.05) is 0 Å². The molecule has 0 amide bonds. The second-order valence-electron chi connectivity index (χ2n) is 6.01. The first-order valence-electron chi connectivity index (χ1n) is 8.12. The summed E-state index contributed by atoms with van der Waals surface area (Å²) in [5, 5.41) is 0. The summed E-state index contributed by atoms with van der Waals surface area (Å²) in [5.74, 6) is 0. The minimum Gasteiger partial charge on any atom is -0.303 e. The van der Waals surface area contributed by atoms with Crippen LogP contribution in [0, 0.1) is 0 Å². The van der Waals surface area contributed by atoms with Crippen molar-refractivity contribution in [3.63, 3.8) is 0 Å². The Kier molecular flexibility index (Phi) is 7.92. The highest BCUT2D eigenvalue weighted by Gasteiger charge is 2.27. The van der Waals surface area contributed by atoms with Gasteiger partial charge in [-0.2, -0.15) is 0 Å². The molecule has 1 aliphatic heterocycles. The monoisotopic (exact) mass is 267 g/mol. The van der Waals surface area contributed by atoms with Gasteiger partial charge in [0.15, 0.2) is 0 Å². The van der Waals surface area contributed by atoms with Crippen LogP contribution in [0.2, 0.25) is 18.1 Å². The molecule has 1 heterocycles. The lowest BCUT2D eigenvalue weighted by Gasteiger charge is -2.29. The van der Waals surface area contributed by atoms with Gasteiger partial charge in [0.25, 0.3) is 0 Å². The van der Waals surface area contributed by atoms with Gasteiger partial charge in [0.05, 0.1) is 8.07 Å². The minimum atomic E-state index is -1.07. The third-order valence-corrected chi connectivity index (χ3v) is 9.75. The van der Waals surface area contributed by atoms with Gasteiger partial charge in [0.1, 0.15) is 0 Å². The zero-order chi connectivity index (χ0) is 13.3. The van der Waals surface area contributed by atoms with E-state index in [9.17, 15) is 0 Å². The molecule has 1 nitrogen and oxygen atoms in total. The Morgan fingerprint density at radius 3 is 2.11 bits per heavy atom. The topological polar surface area (TPSA) is 3.24 Å². The van der Waals surface area contributed by atoms with Crippen LogP contribution in [0.5, 0.6) is 0 Å². The number of rotatable bonds is 9. The average Bonchev–Trinajstić information content (AvgIpc) is 2.83. The lowest BCUT2D eigenvalue weighted by molar-refractivity contribution is 0.339. The van der Waals surface area contributed by atoms with Crippen LogP contribution in [0.3, 0.4) is 0 Å². The van der Waals surface area contributed by atoms with E-state index in [0.29, 0.717) is 0 Å². The Hall–Kier alpha value is -0.0831. The zero-order valence-corrected chi connectivity index (χ0v) is 13.9. The molecule has 0 unspecified atom stereocenters. The standard InChI is InChI=1S/C16H33NSi/c1-4-13-18(14-5-2,15-6-3)16-9-12-17-10-7-8-11-17/h4,13H,5-12,14-16H2,1-3H3. The summed E-state index contributed by atoms with van der Waals surface area (Å²) in [6, 6.07) is 4.53. The number of nitrogens with zero attached hydrogens (tertiary/aromatic N) is 1. The molecule has 0 radical (unpaired) electrons. The van der Waals surface area contributed by atoms with Crippen molar-refractivity contribution in [1.82, 2.24) is 4.90 Å². The summed E-state index contributed by atoms with van der Waals surface area (Å²) in [7, 11) is -1.07. The van der Waals surface area contributed by atoms with Crippen LogP contribution < -0.4 is 0 Å². The van der Waals surface area contributed by atoms with Gasteiger partial charge in [0.2, 0.25) is 0 Å². The van der Waals surface area contributed by atoms with Gasteiger partial charge in [-0.25, -0.2) is 0 Å². The van der Waals surface area contributed by atoms with Gasteiger partial charge in [-0.3, -0.25) is 0 Å². The molecule has 1 saturated heterocycles. The van der Waals surface area contributed by atoms with E-state index >= 15 is 0 Å². The second-order valence-corrected chi connectivity index (χ2v) is 10.6. The minimum absolute atomic E-state index is 1.07. The van der Waals surface area contributed by atoms with Crippen molar-refractivity contribution < 1.29 is 0 Å². The van der Waals surface area contributed by atoms with Crippen LogP contribution in [0.15, 0.2) is 11.8 Å². The maximum Gasteiger partial charge on any atom is 0.0774 e.